The van der Waals surface area contributed by atoms with Gasteiger partial charge < -0.3 is 4.42 Å². The largest absolute Gasteiger partial charge is 0.444 e. The molecule has 0 radical (unpaired) electrons. The van der Waals surface area contributed by atoms with E-state index >= 15 is 0 Å². The first-order valence-electron chi connectivity index (χ1n) is 5.67. The van der Waals surface area contributed by atoms with Crippen molar-refractivity contribution in [2.24, 2.45) is 0 Å². The molecule has 0 aliphatic carbocycles. The predicted molar refractivity (Wildman–Crippen MR) is 68.7 cm³/mol. The van der Waals surface area contributed by atoms with Crippen molar-refractivity contribution in [3.05, 3.63) is 54.4 Å². The van der Waals surface area contributed by atoms with Gasteiger partial charge in [0.2, 0.25) is 5.89 Å². The molecule has 0 bridgehead atoms. The maximum absolute atomic E-state index is 11.2. The molecule has 0 aliphatic heterocycles. The van der Waals surface area contributed by atoms with Gasteiger partial charge >= 0.3 is 0 Å². The van der Waals surface area contributed by atoms with Crippen LogP contribution in [0, 0.1) is 0 Å². The molecular weight excluding hydrogens is 244 g/mol. The number of carbonyl (C=O) groups is 1. The van der Waals surface area contributed by atoms with Crippen molar-refractivity contribution in [1.82, 2.24) is 10.5 Å². The number of nitrogens with one attached hydrogen (secondary N) is 1. The van der Waals surface area contributed by atoms with Gasteiger partial charge in [0.1, 0.15) is 6.26 Å². The van der Waals surface area contributed by atoms with Gasteiger partial charge in [-0.25, -0.2) is 10.5 Å². The summed E-state index contributed by atoms with van der Waals surface area (Å²) in [4.78, 5) is 15.2. The maximum atomic E-state index is 11.2. The molecule has 5 nitrogen and oxygen atoms in total. The van der Waals surface area contributed by atoms with Crippen LogP contribution in [0.4, 0.5) is 0 Å². The minimum absolute atomic E-state index is 0.0330. The van der Waals surface area contributed by atoms with E-state index in [-0.39, 0.29) is 5.69 Å². The Bertz CT molecular complexity index is 749. The van der Waals surface area contributed by atoms with Crippen molar-refractivity contribution < 1.29 is 14.4 Å². The molecule has 1 aromatic heterocycles. The average Bonchev–Trinajstić information content (AvgIpc) is 2.95. The summed E-state index contributed by atoms with van der Waals surface area (Å²) in [5.41, 5.74) is 2.32. The monoisotopic (exact) mass is 254 g/mol. The maximum Gasteiger partial charge on any atom is 0.296 e. The zero-order valence-electron chi connectivity index (χ0n) is 9.83. The first-order chi connectivity index (χ1) is 9.28. The number of nitrogens with zero attached hydrogens (tertiary/aromatic N) is 1. The molecule has 1 heterocycles. The summed E-state index contributed by atoms with van der Waals surface area (Å²) in [5, 5.41) is 10.7. The molecule has 3 rings (SSSR count). The van der Waals surface area contributed by atoms with Crippen LogP contribution in [0.1, 0.15) is 10.5 Å². The van der Waals surface area contributed by atoms with Gasteiger partial charge in [0.25, 0.3) is 5.91 Å². The number of oxazole rings is 1. The lowest BCUT2D eigenvalue weighted by Crippen LogP contribution is -2.18. The van der Waals surface area contributed by atoms with Crippen LogP contribution in [0.3, 0.4) is 0 Å². The minimum atomic E-state index is -0.698. The highest BCUT2D eigenvalue weighted by Gasteiger charge is 2.12. The van der Waals surface area contributed by atoms with Gasteiger partial charge in [0, 0.05) is 5.56 Å². The summed E-state index contributed by atoms with van der Waals surface area (Å²) >= 11 is 0. The van der Waals surface area contributed by atoms with Crippen molar-refractivity contribution in [3.8, 4) is 11.5 Å². The van der Waals surface area contributed by atoms with Crippen LogP contribution >= 0.6 is 0 Å². The highest BCUT2D eigenvalue weighted by molar-refractivity contribution is 5.92. The smallest absolute Gasteiger partial charge is 0.296 e. The quantitative estimate of drug-likeness (QED) is 0.544. The molecule has 0 atom stereocenters. The number of benzene rings is 2. The van der Waals surface area contributed by atoms with E-state index in [1.54, 1.807) is 0 Å². The van der Waals surface area contributed by atoms with E-state index in [4.69, 9.17) is 9.62 Å². The predicted octanol–water partition coefficient (Wildman–Crippen LogP) is 2.61. The molecule has 0 saturated carbocycles. The van der Waals surface area contributed by atoms with Crippen LogP contribution in [0.25, 0.3) is 22.2 Å². The second kappa shape index (κ2) is 4.55. The highest BCUT2D eigenvalue weighted by atomic mass is 16.5. The van der Waals surface area contributed by atoms with Crippen molar-refractivity contribution in [2.45, 2.75) is 0 Å². The molecule has 0 aliphatic rings. The van der Waals surface area contributed by atoms with Crippen molar-refractivity contribution in [2.75, 3.05) is 0 Å². The number of rotatable bonds is 2. The van der Waals surface area contributed by atoms with Gasteiger partial charge in [-0.05, 0) is 22.9 Å². The Hall–Kier alpha value is -2.66. The molecule has 19 heavy (non-hydrogen) atoms. The van der Waals surface area contributed by atoms with Gasteiger partial charge in [-0.15, -0.1) is 0 Å². The Morgan fingerprint density at radius 3 is 2.74 bits per heavy atom. The van der Waals surface area contributed by atoms with E-state index in [1.807, 2.05) is 42.5 Å². The third-order valence-electron chi connectivity index (χ3n) is 2.83. The number of hydrogen-bond acceptors (Lipinski definition) is 4. The molecule has 3 aromatic rings. The van der Waals surface area contributed by atoms with Gasteiger partial charge in [0.05, 0.1) is 0 Å². The number of hydroxylamine groups is 1. The summed E-state index contributed by atoms with van der Waals surface area (Å²) in [6.07, 6.45) is 1.20. The van der Waals surface area contributed by atoms with Crippen LogP contribution in [0.2, 0.25) is 0 Å². The molecule has 94 valence electrons. The Balaban J connectivity index is 2.04. The summed E-state index contributed by atoms with van der Waals surface area (Å²) < 4.78 is 5.24. The second-order valence-corrected chi connectivity index (χ2v) is 4.04. The van der Waals surface area contributed by atoms with E-state index in [9.17, 15) is 4.79 Å². The first kappa shape index (κ1) is 11.4. The topological polar surface area (TPSA) is 75.4 Å². The summed E-state index contributed by atoms with van der Waals surface area (Å²) in [6, 6.07) is 13.7. The third-order valence-corrected chi connectivity index (χ3v) is 2.83. The Kier molecular flexibility index (Phi) is 2.74. The fourth-order valence-electron chi connectivity index (χ4n) is 1.89. The standard InChI is InChI=1S/C14H10N2O3/c17-13(16-18)12-8-19-14(15-12)11-6-5-9-3-1-2-4-10(9)7-11/h1-8,18H,(H,16,17). The zero-order valence-corrected chi connectivity index (χ0v) is 9.83. The molecule has 0 unspecified atom stereocenters. The number of carbonyl (C=O) groups excluding carboxylic acids is 1. The lowest BCUT2D eigenvalue weighted by molar-refractivity contribution is 0.0700. The molecule has 5 heteroatoms. The van der Waals surface area contributed by atoms with Crippen molar-refractivity contribution in [3.63, 3.8) is 0 Å². The SMILES string of the molecule is O=C(NO)c1coc(-c2ccc3ccccc3c2)n1. The Morgan fingerprint density at radius 1 is 1.16 bits per heavy atom. The van der Waals surface area contributed by atoms with E-state index in [0.29, 0.717) is 5.89 Å². The zero-order chi connectivity index (χ0) is 13.2. The fourth-order valence-corrected chi connectivity index (χ4v) is 1.89. The molecule has 1 amide bonds. The second-order valence-electron chi connectivity index (χ2n) is 4.04. The van der Waals surface area contributed by atoms with E-state index in [0.717, 1.165) is 16.3 Å². The van der Waals surface area contributed by atoms with Crippen LogP contribution in [-0.2, 0) is 0 Å². The molecule has 0 fully saturated rings. The molecule has 2 aromatic carbocycles. The number of hydrogen-bond donors (Lipinski definition) is 2. The minimum Gasteiger partial charge on any atom is -0.444 e. The summed E-state index contributed by atoms with van der Waals surface area (Å²) in [6.45, 7) is 0. The first-order valence-corrected chi connectivity index (χ1v) is 5.67. The summed E-state index contributed by atoms with van der Waals surface area (Å²) in [7, 11) is 0. The van der Waals surface area contributed by atoms with Crippen LogP contribution in [0.15, 0.2) is 53.1 Å². The van der Waals surface area contributed by atoms with Crippen molar-refractivity contribution >= 4 is 16.7 Å². The number of amides is 1. The van der Waals surface area contributed by atoms with Gasteiger partial charge in [0.15, 0.2) is 5.69 Å². The highest BCUT2D eigenvalue weighted by Crippen LogP contribution is 2.23. The van der Waals surface area contributed by atoms with E-state index in [2.05, 4.69) is 4.98 Å². The van der Waals surface area contributed by atoms with Gasteiger partial charge in [-0.2, -0.15) is 0 Å². The normalized spacial score (nSPS) is 10.6. The third kappa shape index (κ3) is 2.07. The van der Waals surface area contributed by atoms with Crippen LogP contribution in [-0.4, -0.2) is 16.1 Å². The van der Waals surface area contributed by atoms with Gasteiger partial charge in [-0.3, -0.25) is 10.0 Å². The lowest BCUT2D eigenvalue weighted by Gasteiger charge is -1.99. The molecule has 0 spiro atoms. The number of fused-ring (bicyclic) bond motifs is 1. The summed E-state index contributed by atoms with van der Waals surface area (Å²) in [5.74, 6) is -0.361. The van der Waals surface area contributed by atoms with E-state index < -0.39 is 5.91 Å². The molecule has 0 saturated heterocycles. The molecular formula is C14H10N2O3. The van der Waals surface area contributed by atoms with Crippen LogP contribution < -0.4 is 5.48 Å². The average molecular weight is 254 g/mol. The Morgan fingerprint density at radius 2 is 1.95 bits per heavy atom. The van der Waals surface area contributed by atoms with Gasteiger partial charge in [-0.1, -0.05) is 30.3 Å². The van der Waals surface area contributed by atoms with Crippen molar-refractivity contribution in [1.29, 1.82) is 0 Å². The fraction of sp³-hybridized carbons (Fsp3) is 0. The van der Waals surface area contributed by atoms with E-state index in [1.165, 1.54) is 11.7 Å². The van der Waals surface area contributed by atoms with Crippen LogP contribution in [0.5, 0.6) is 0 Å². The lowest BCUT2D eigenvalue weighted by atomic mass is 10.1. The Labute approximate surface area is 108 Å². The number of aromatic nitrogens is 1. The molecule has 2 N–H and O–H groups in total.